The molecule has 2 aliphatic carbocycles. The largest absolute Gasteiger partial charge is 0.510 e. The van der Waals surface area contributed by atoms with Gasteiger partial charge in [-0.1, -0.05) is 79.1 Å². The molecule has 1 fully saturated rings. The Balaban J connectivity index is 2.46. The molecule has 0 aliphatic heterocycles. The zero-order valence-corrected chi connectivity index (χ0v) is 23.7. The molecule has 4 nitrogen and oxygen atoms in total. The van der Waals surface area contributed by atoms with Crippen molar-refractivity contribution >= 4 is 17.3 Å². The molecule has 3 rings (SSSR count). The number of benzene rings is 1. The third-order valence-corrected chi connectivity index (χ3v) is 8.47. The number of Topliss-reactive ketones (excluding diaryl/α,β-unsaturated/α-hetero) is 3. The van der Waals surface area contributed by atoms with Crippen LogP contribution in [0.25, 0.3) is 0 Å². The van der Waals surface area contributed by atoms with Crippen molar-refractivity contribution in [2.45, 2.75) is 81.1 Å². The third kappa shape index (κ3) is 4.60. The highest BCUT2D eigenvalue weighted by Gasteiger charge is 2.74. The summed E-state index contributed by atoms with van der Waals surface area (Å²) in [6.07, 6.45) is 7.32. The van der Waals surface area contributed by atoms with Crippen molar-refractivity contribution < 1.29 is 19.5 Å². The highest BCUT2D eigenvalue weighted by molar-refractivity contribution is 6.29. The molecule has 2 bridgehead atoms. The van der Waals surface area contributed by atoms with Crippen molar-refractivity contribution in [2.24, 2.45) is 22.2 Å². The van der Waals surface area contributed by atoms with Crippen LogP contribution in [0.4, 0.5) is 0 Å². The second kappa shape index (κ2) is 10.4. The number of fused-ring (bicyclic) bond motifs is 2. The fraction of sp³-hybridized carbons (Fsp3) is 0.485. The molecule has 1 aromatic carbocycles. The predicted molar refractivity (Wildman–Crippen MR) is 149 cm³/mol. The summed E-state index contributed by atoms with van der Waals surface area (Å²) in [5.74, 6) is -1.73. The van der Waals surface area contributed by atoms with Gasteiger partial charge in [-0.2, -0.15) is 0 Å². The predicted octanol–water partition coefficient (Wildman–Crippen LogP) is 7.92. The molecule has 37 heavy (non-hydrogen) atoms. The maximum atomic E-state index is 14.8. The van der Waals surface area contributed by atoms with Gasteiger partial charge in [0.2, 0.25) is 0 Å². The maximum Gasteiger partial charge on any atom is 0.184 e. The molecule has 1 unspecified atom stereocenters. The Kier molecular flexibility index (Phi) is 8.02. The monoisotopic (exact) mass is 502 g/mol. The third-order valence-electron chi connectivity index (χ3n) is 8.47. The topological polar surface area (TPSA) is 71.4 Å². The summed E-state index contributed by atoms with van der Waals surface area (Å²) in [5.41, 5.74) is -0.474. The molecule has 2 aliphatic rings. The standard InChI is InChI=1S/C33H42O4/c1-21(2)14-16-25-20-32(19-18-23(5)6)28(35)26(17-15-22(3)4)29(36)33(30(32)37,31(25,7)8)27(34)24-12-10-9-11-13-24/h9-15,18,25,36H,16-17,19-20H2,1-8H3/t25?,32-,33+/m0/s1. The average molecular weight is 503 g/mol. The molecule has 0 saturated heterocycles. The van der Waals surface area contributed by atoms with Crippen molar-refractivity contribution in [1.82, 2.24) is 0 Å². The van der Waals surface area contributed by atoms with Gasteiger partial charge >= 0.3 is 0 Å². The van der Waals surface area contributed by atoms with Crippen LogP contribution in [0.5, 0.6) is 0 Å². The fourth-order valence-corrected chi connectivity index (χ4v) is 6.17. The van der Waals surface area contributed by atoms with Gasteiger partial charge in [-0.3, -0.25) is 14.4 Å². The summed E-state index contributed by atoms with van der Waals surface area (Å²) in [4.78, 5) is 43.6. The van der Waals surface area contributed by atoms with Gasteiger partial charge in [-0.05, 0) is 78.6 Å². The Morgan fingerprint density at radius 1 is 0.919 bits per heavy atom. The van der Waals surface area contributed by atoms with Crippen LogP contribution in [-0.4, -0.2) is 22.5 Å². The first-order chi connectivity index (χ1) is 17.2. The van der Waals surface area contributed by atoms with Gasteiger partial charge in [0.15, 0.2) is 22.8 Å². The summed E-state index contributed by atoms with van der Waals surface area (Å²) in [5, 5.41) is 12.0. The molecule has 0 spiro atoms. The zero-order chi connectivity index (χ0) is 27.8. The van der Waals surface area contributed by atoms with Crippen LogP contribution in [0, 0.1) is 22.2 Å². The Hall–Kier alpha value is -3.01. The molecule has 0 radical (unpaired) electrons. The second-order valence-electron chi connectivity index (χ2n) is 12.1. The lowest BCUT2D eigenvalue weighted by Crippen LogP contribution is -2.68. The van der Waals surface area contributed by atoms with Gasteiger partial charge in [-0.15, -0.1) is 0 Å². The minimum absolute atomic E-state index is 0.172. The highest BCUT2D eigenvalue weighted by Crippen LogP contribution is 2.66. The van der Waals surface area contributed by atoms with E-state index in [1.807, 2.05) is 73.6 Å². The average Bonchev–Trinajstić information content (AvgIpc) is 2.82. The van der Waals surface area contributed by atoms with E-state index in [2.05, 4.69) is 6.08 Å². The first-order valence-corrected chi connectivity index (χ1v) is 13.3. The zero-order valence-electron chi connectivity index (χ0n) is 23.7. The number of ketones is 3. The van der Waals surface area contributed by atoms with E-state index in [0.29, 0.717) is 18.4 Å². The van der Waals surface area contributed by atoms with Crippen LogP contribution in [0.1, 0.15) is 91.4 Å². The summed E-state index contributed by atoms with van der Waals surface area (Å²) in [6.45, 7) is 15.6. The molecule has 1 N–H and O–H groups in total. The van der Waals surface area contributed by atoms with Crippen LogP contribution in [0.15, 0.2) is 76.6 Å². The molecule has 1 aromatic rings. The Bertz CT molecular complexity index is 1210. The molecular weight excluding hydrogens is 460 g/mol. The first kappa shape index (κ1) is 28.6. The van der Waals surface area contributed by atoms with Crippen molar-refractivity contribution in [2.75, 3.05) is 0 Å². The number of carbonyl (C=O) groups is 3. The van der Waals surface area contributed by atoms with Crippen molar-refractivity contribution in [3.8, 4) is 0 Å². The SMILES string of the molecule is CC(C)=CCC1=C(O)[C@]2(C(=O)c3ccccc3)C(=O)[C@@](CC=C(C)C)(CC(CC=C(C)C)C2(C)C)C1=O. The van der Waals surface area contributed by atoms with Gasteiger partial charge in [0, 0.05) is 11.1 Å². The quantitative estimate of drug-likeness (QED) is 0.223. The Morgan fingerprint density at radius 3 is 2.03 bits per heavy atom. The normalized spacial score (nSPS) is 26.4. The van der Waals surface area contributed by atoms with Gasteiger partial charge in [0.25, 0.3) is 0 Å². The van der Waals surface area contributed by atoms with E-state index >= 15 is 0 Å². The van der Waals surface area contributed by atoms with E-state index in [4.69, 9.17) is 0 Å². The minimum Gasteiger partial charge on any atom is -0.510 e. The Labute approximate surface area is 222 Å². The second-order valence-corrected chi connectivity index (χ2v) is 12.1. The highest BCUT2D eigenvalue weighted by atomic mass is 16.3. The molecule has 0 aromatic heterocycles. The van der Waals surface area contributed by atoms with E-state index < -0.39 is 27.8 Å². The van der Waals surface area contributed by atoms with Crippen LogP contribution in [0.3, 0.4) is 0 Å². The summed E-state index contributed by atoms with van der Waals surface area (Å²) in [7, 11) is 0. The molecule has 0 heterocycles. The molecule has 1 saturated carbocycles. The number of allylic oxidation sites excluding steroid dienone is 8. The number of rotatable bonds is 8. The van der Waals surface area contributed by atoms with E-state index in [9.17, 15) is 19.5 Å². The van der Waals surface area contributed by atoms with Gasteiger partial charge in [0.05, 0.1) is 5.41 Å². The van der Waals surface area contributed by atoms with E-state index in [0.717, 1.165) is 16.7 Å². The van der Waals surface area contributed by atoms with Crippen LogP contribution in [-0.2, 0) is 9.59 Å². The number of hydrogen-bond acceptors (Lipinski definition) is 4. The van der Waals surface area contributed by atoms with E-state index in [1.54, 1.807) is 24.3 Å². The number of carbonyl (C=O) groups excluding carboxylic acids is 3. The van der Waals surface area contributed by atoms with E-state index in [-0.39, 0.29) is 35.9 Å². The number of hydrogen-bond donors (Lipinski definition) is 1. The number of aliphatic hydroxyl groups is 1. The van der Waals surface area contributed by atoms with Gasteiger partial charge < -0.3 is 5.11 Å². The maximum absolute atomic E-state index is 14.8. The minimum atomic E-state index is -1.85. The molecule has 4 heteroatoms. The van der Waals surface area contributed by atoms with Crippen LogP contribution < -0.4 is 0 Å². The van der Waals surface area contributed by atoms with E-state index in [1.165, 1.54) is 0 Å². The lowest BCUT2D eigenvalue weighted by molar-refractivity contribution is -0.163. The molecule has 198 valence electrons. The molecule has 3 atom stereocenters. The Morgan fingerprint density at radius 2 is 1.49 bits per heavy atom. The van der Waals surface area contributed by atoms with Crippen LogP contribution in [0.2, 0.25) is 0 Å². The van der Waals surface area contributed by atoms with Crippen molar-refractivity contribution in [3.05, 3.63) is 82.2 Å². The van der Waals surface area contributed by atoms with Gasteiger partial charge in [-0.25, -0.2) is 0 Å². The number of aliphatic hydroxyl groups excluding tert-OH is 1. The molecule has 0 amide bonds. The lowest BCUT2D eigenvalue weighted by Gasteiger charge is -2.59. The van der Waals surface area contributed by atoms with Crippen LogP contribution >= 0.6 is 0 Å². The smallest absolute Gasteiger partial charge is 0.184 e. The first-order valence-electron chi connectivity index (χ1n) is 13.3. The van der Waals surface area contributed by atoms with Gasteiger partial charge in [0.1, 0.15) is 5.76 Å². The molecular formula is C33H42O4. The van der Waals surface area contributed by atoms with Crippen molar-refractivity contribution in [3.63, 3.8) is 0 Å². The summed E-state index contributed by atoms with van der Waals surface area (Å²) in [6, 6.07) is 8.73. The summed E-state index contributed by atoms with van der Waals surface area (Å²) >= 11 is 0. The van der Waals surface area contributed by atoms with Crippen molar-refractivity contribution in [1.29, 1.82) is 0 Å². The summed E-state index contributed by atoms with van der Waals surface area (Å²) < 4.78 is 0. The fourth-order valence-electron chi connectivity index (χ4n) is 6.17. The lowest BCUT2D eigenvalue weighted by atomic mass is 9.39.